The molecular formula is C15H22N4OS. The highest BCUT2D eigenvalue weighted by atomic mass is 32.1. The lowest BCUT2D eigenvalue weighted by Gasteiger charge is -2.06. The summed E-state index contributed by atoms with van der Waals surface area (Å²) in [6.07, 6.45) is 3.54. The van der Waals surface area contributed by atoms with Crippen molar-refractivity contribution in [2.75, 3.05) is 13.7 Å². The van der Waals surface area contributed by atoms with Gasteiger partial charge in [-0.15, -0.1) is 0 Å². The fraction of sp³-hybridized carbons (Fsp3) is 0.467. The van der Waals surface area contributed by atoms with Crippen LogP contribution in [0.3, 0.4) is 0 Å². The Kier molecular flexibility index (Phi) is 6.10. The normalized spacial score (nSPS) is 12.3. The zero-order valence-electron chi connectivity index (χ0n) is 12.3. The maximum Gasteiger partial charge on any atom is 0.147 e. The smallest absolute Gasteiger partial charge is 0.147 e. The number of benzene rings is 1. The molecule has 0 saturated carbocycles. The number of hydrogen-bond donors (Lipinski definition) is 2. The Bertz CT molecular complexity index is 558. The van der Waals surface area contributed by atoms with Crippen LogP contribution in [0.2, 0.25) is 0 Å². The first-order valence-electron chi connectivity index (χ1n) is 7.12. The third kappa shape index (κ3) is 4.77. The van der Waals surface area contributed by atoms with Crippen molar-refractivity contribution in [3.8, 4) is 5.75 Å². The number of para-hydroxylation sites is 1. The molecule has 0 radical (unpaired) electrons. The van der Waals surface area contributed by atoms with Crippen molar-refractivity contribution in [3.63, 3.8) is 0 Å². The Morgan fingerprint density at radius 2 is 2.14 bits per heavy atom. The first kappa shape index (κ1) is 15.9. The molecular weight excluding hydrogens is 284 g/mol. The van der Waals surface area contributed by atoms with Crippen LogP contribution in [0.5, 0.6) is 5.75 Å². The van der Waals surface area contributed by atoms with E-state index in [1.54, 1.807) is 7.11 Å². The molecule has 6 heteroatoms. The van der Waals surface area contributed by atoms with Crippen LogP contribution in [0.4, 0.5) is 0 Å². The van der Waals surface area contributed by atoms with Gasteiger partial charge >= 0.3 is 0 Å². The Morgan fingerprint density at radius 3 is 2.90 bits per heavy atom. The van der Waals surface area contributed by atoms with Crippen molar-refractivity contribution in [1.82, 2.24) is 9.36 Å². The van der Waals surface area contributed by atoms with Crippen molar-refractivity contribution in [2.24, 2.45) is 11.5 Å². The highest BCUT2D eigenvalue weighted by Crippen LogP contribution is 2.20. The van der Waals surface area contributed by atoms with E-state index < -0.39 is 0 Å². The van der Waals surface area contributed by atoms with Gasteiger partial charge in [-0.05, 0) is 30.4 Å². The van der Waals surface area contributed by atoms with Gasteiger partial charge in [-0.2, -0.15) is 4.37 Å². The molecule has 5 nitrogen and oxygen atoms in total. The molecule has 2 rings (SSSR count). The lowest BCUT2D eigenvalue weighted by Crippen LogP contribution is -2.29. The predicted molar refractivity (Wildman–Crippen MR) is 85.7 cm³/mol. The van der Waals surface area contributed by atoms with Crippen molar-refractivity contribution in [1.29, 1.82) is 0 Å². The monoisotopic (exact) mass is 306 g/mol. The summed E-state index contributed by atoms with van der Waals surface area (Å²) < 4.78 is 9.77. The molecule has 1 aromatic heterocycles. The summed E-state index contributed by atoms with van der Waals surface area (Å²) in [5.41, 5.74) is 12.4. The fourth-order valence-corrected chi connectivity index (χ4v) is 2.81. The highest BCUT2D eigenvalue weighted by molar-refractivity contribution is 7.05. The summed E-state index contributed by atoms with van der Waals surface area (Å²) in [6.45, 7) is 0.537. The molecule has 21 heavy (non-hydrogen) atoms. The zero-order chi connectivity index (χ0) is 15.1. The molecule has 1 aromatic carbocycles. The second-order valence-corrected chi connectivity index (χ2v) is 5.82. The number of methoxy groups -OCH3 is 1. The second kappa shape index (κ2) is 8.07. The Labute approximate surface area is 129 Å². The van der Waals surface area contributed by atoms with Gasteiger partial charge in [-0.3, -0.25) is 0 Å². The molecule has 0 fully saturated rings. The van der Waals surface area contributed by atoms with Gasteiger partial charge in [0.2, 0.25) is 0 Å². The lowest BCUT2D eigenvalue weighted by atomic mass is 10.1. The number of nitrogens with zero attached hydrogens (tertiary/aromatic N) is 2. The summed E-state index contributed by atoms with van der Waals surface area (Å²) in [5.74, 6) is 1.73. The molecule has 0 aliphatic rings. The molecule has 0 bridgehead atoms. The maximum atomic E-state index is 5.80. The lowest BCUT2D eigenvalue weighted by molar-refractivity contribution is 0.410. The van der Waals surface area contributed by atoms with E-state index in [-0.39, 0.29) is 6.04 Å². The first-order chi connectivity index (χ1) is 10.2. The van der Waals surface area contributed by atoms with Crippen molar-refractivity contribution in [3.05, 3.63) is 40.7 Å². The molecule has 2 aromatic rings. The van der Waals surface area contributed by atoms with Gasteiger partial charge in [-0.25, -0.2) is 4.98 Å². The molecule has 114 valence electrons. The molecule has 0 aliphatic heterocycles. The van der Waals surface area contributed by atoms with Crippen LogP contribution in [-0.2, 0) is 12.8 Å². The zero-order valence-corrected chi connectivity index (χ0v) is 13.1. The Hall–Kier alpha value is -1.50. The van der Waals surface area contributed by atoms with Crippen LogP contribution in [0.15, 0.2) is 24.3 Å². The minimum Gasteiger partial charge on any atom is -0.496 e. The van der Waals surface area contributed by atoms with Gasteiger partial charge in [0.25, 0.3) is 0 Å². The van der Waals surface area contributed by atoms with Gasteiger partial charge in [0, 0.05) is 31.0 Å². The summed E-state index contributed by atoms with van der Waals surface area (Å²) >= 11 is 1.47. The quantitative estimate of drug-likeness (QED) is 0.776. The van der Waals surface area contributed by atoms with Gasteiger partial charge in [0.1, 0.15) is 16.6 Å². The van der Waals surface area contributed by atoms with Crippen LogP contribution in [0.25, 0.3) is 0 Å². The maximum absolute atomic E-state index is 5.80. The topological polar surface area (TPSA) is 87.0 Å². The van der Waals surface area contributed by atoms with E-state index in [1.807, 2.05) is 24.3 Å². The molecule has 0 spiro atoms. The second-order valence-electron chi connectivity index (χ2n) is 4.98. The average Bonchev–Trinajstić information content (AvgIpc) is 2.95. The minimum atomic E-state index is 0.0889. The summed E-state index contributed by atoms with van der Waals surface area (Å²) in [6, 6.07) is 8.05. The number of ether oxygens (including phenoxy) is 1. The van der Waals surface area contributed by atoms with E-state index in [9.17, 15) is 0 Å². The van der Waals surface area contributed by atoms with Crippen molar-refractivity contribution in [2.45, 2.75) is 31.7 Å². The Balaban J connectivity index is 1.91. The highest BCUT2D eigenvalue weighted by Gasteiger charge is 2.09. The van der Waals surface area contributed by atoms with E-state index in [1.165, 1.54) is 11.5 Å². The van der Waals surface area contributed by atoms with E-state index in [2.05, 4.69) is 9.36 Å². The number of hydrogen-bond acceptors (Lipinski definition) is 6. The number of rotatable bonds is 8. The molecule has 0 amide bonds. The van der Waals surface area contributed by atoms with Gasteiger partial charge in [-0.1, -0.05) is 18.2 Å². The van der Waals surface area contributed by atoms with Crippen LogP contribution in [-0.4, -0.2) is 29.1 Å². The fourth-order valence-electron chi connectivity index (χ4n) is 2.12. The standard InChI is InChI=1S/C15H22N4OS/c1-20-13-7-3-2-5-11(13)9-14-18-15(21-19-14)8-4-6-12(17)10-16/h2-3,5,7,12H,4,6,8-10,16-17H2,1H3. The summed E-state index contributed by atoms with van der Waals surface area (Å²) in [5, 5.41) is 1.06. The van der Waals surface area contributed by atoms with Crippen LogP contribution < -0.4 is 16.2 Å². The predicted octanol–water partition coefficient (Wildman–Crippen LogP) is 1.75. The van der Waals surface area contributed by atoms with Gasteiger partial charge < -0.3 is 16.2 Å². The van der Waals surface area contributed by atoms with Crippen molar-refractivity contribution < 1.29 is 4.74 Å². The molecule has 1 unspecified atom stereocenters. The molecule has 4 N–H and O–H groups in total. The van der Waals surface area contributed by atoms with Crippen LogP contribution in [0, 0.1) is 0 Å². The van der Waals surface area contributed by atoms with Crippen LogP contribution >= 0.6 is 11.5 Å². The number of aryl methyl sites for hydroxylation is 1. The first-order valence-corrected chi connectivity index (χ1v) is 7.89. The molecule has 0 aliphatic carbocycles. The van der Waals surface area contributed by atoms with Gasteiger partial charge in [0.15, 0.2) is 0 Å². The van der Waals surface area contributed by atoms with E-state index in [4.69, 9.17) is 16.2 Å². The average molecular weight is 306 g/mol. The van der Waals surface area contributed by atoms with E-state index in [0.29, 0.717) is 13.0 Å². The third-order valence-electron chi connectivity index (χ3n) is 3.32. The SMILES string of the molecule is COc1ccccc1Cc1nsc(CCCC(N)CN)n1. The van der Waals surface area contributed by atoms with E-state index >= 15 is 0 Å². The molecule has 1 atom stereocenters. The van der Waals surface area contributed by atoms with Crippen molar-refractivity contribution >= 4 is 11.5 Å². The summed E-state index contributed by atoms with van der Waals surface area (Å²) in [7, 11) is 1.68. The minimum absolute atomic E-state index is 0.0889. The van der Waals surface area contributed by atoms with E-state index in [0.717, 1.165) is 41.4 Å². The molecule has 1 heterocycles. The van der Waals surface area contributed by atoms with Crippen LogP contribution in [0.1, 0.15) is 29.2 Å². The third-order valence-corrected chi connectivity index (χ3v) is 4.13. The largest absolute Gasteiger partial charge is 0.496 e. The number of aromatic nitrogens is 2. The van der Waals surface area contributed by atoms with Gasteiger partial charge in [0.05, 0.1) is 7.11 Å². The Morgan fingerprint density at radius 1 is 1.33 bits per heavy atom. The number of nitrogens with two attached hydrogens (primary N) is 2. The molecule has 0 saturated heterocycles. The summed E-state index contributed by atoms with van der Waals surface area (Å²) in [4.78, 5) is 4.58.